The molecule has 2 nitrogen and oxygen atoms in total. The maximum Gasteiger partial charge on any atom is 0.143 e. The Kier molecular flexibility index (Phi) is 5.09. The Hall–Kier alpha value is -2.42. The molecule has 0 saturated carbocycles. The number of aliphatic hydroxyl groups excluding tert-OH is 1. The van der Waals surface area contributed by atoms with Crippen molar-refractivity contribution in [2.75, 3.05) is 6.61 Å². The summed E-state index contributed by atoms with van der Waals surface area (Å²) in [5.74, 6) is 0. The second-order valence-corrected chi connectivity index (χ2v) is 5.94. The number of hydrogen-bond donors (Lipinski definition) is 1. The van der Waals surface area contributed by atoms with Gasteiger partial charge in [-0.2, -0.15) is 0 Å². The highest BCUT2D eigenvalue weighted by atomic mass is 16.5. The van der Waals surface area contributed by atoms with Gasteiger partial charge in [0.05, 0.1) is 12.7 Å². The second kappa shape index (κ2) is 7.43. The van der Waals surface area contributed by atoms with E-state index in [9.17, 15) is 5.11 Å². The van der Waals surface area contributed by atoms with Gasteiger partial charge in [0.1, 0.15) is 5.60 Å². The van der Waals surface area contributed by atoms with Gasteiger partial charge in [-0.3, -0.25) is 0 Å². The number of aliphatic hydroxyl groups is 1. The first kappa shape index (κ1) is 16.4. The van der Waals surface area contributed by atoms with Crippen LogP contribution in [0.3, 0.4) is 0 Å². The molecule has 3 aromatic carbocycles. The molecule has 0 fully saturated rings. The van der Waals surface area contributed by atoms with Crippen LogP contribution in [0.4, 0.5) is 0 Å². The van der Waals surface area contributed by atoms with Gasteiger partial charge in [-0.25, -0.2) is 0 Å². The minimum atomic E-state index is -0.749. The quantitative estimate of drug-likeness (QED) is 0.684. The van der Waals surface area contributed by atoms with Crippen molar-refractivity contribution in [3.8, 4) is 0 Å². The Morgan fingerprint density at radius 3 is 1.33 bits per heavy atom. The van der Waals surface area contributed by atoms with Crippen LogP contribution >= 0.6 is 0 Å². The molecule has 0 heterocycles. The van der Waals surface area contributed by atoms with Crippen molar-refractivity contribution < 1.29 is 9.84 Å². The Labute approximate surface area is 143 Å². The average molecular weight is 318 g/mol. The summed E-state index contributed by atoms with van der Waals surface area (Å²) in [5, 5.41) is 9.83. The monoisotopic (exact) mass is 318 g/mol. The maximum absolute atomic E-state index is 9.83. The predicted octanol–water partition coefficient (Wildman–Crippen LogP) is 4.38. The highest BCUT2D eigenvalue weighted by Gasteiger charge is 2.37. The van der Waals surface area contributed by atoms with Crippen LogP contribution < -0.4 is 0 Å². The second-order valence-electron chi connectivity index (χ2n) is 5.94. The minimum absolute atomic E-state index is 0.249. The average Bonchev–Trinajstić information content (AvgIpc) is 2.65. The lowest BCUT2D eigenvalue weighted by Gasteiger charge is -2.36. The normalized spacial score (nSPS) is 12.8. The zero-order valence-electron chi connectivity index (χ0n) is 13.8. The van der Waals surface area contributed by atoms with Crippen LogP contribution in [0, 0.1) is 0 Å². The lowest BCUT2D eigenvalue weighted by atomic mass is 9.80. The largest absolute Gasteiger partial charge is 0.391 e. The van der Waals surface area contributed by atoms with E-state index in [4.69, 9.17) is 4.74 Å². The Balaban J connectivity index is 2.24. The van der Waals surface area contributed by atoms with Gasteiger partial charge in [0.15, 0.2) is 0 Å². The fourth-order valence-corrected chi connectivity index (χ4v) is 3.01. The van der Waals surface area contributed by atoms with Crippen molar-refractivity contribution in [2.45, 2.75) is 18.6 Å². The number of ether oxygens (including phenoxy) is 1. The van der Waals surface area contributed by atoms with Crippen molar-refractivity contribution in [1.29, 1.82) is 0 Å². The van der Waals surface area contributed by atoms with Gasteiger partial charge in [0.2, 0.25) is 0 Å². The molecule has 0 spiro atoms. The van der Waals surface area contributed by atoms with Crippen molar-refractivity contribution in [1.82, 2.24) is 0 Å². The Bertz CT molecular complexity index is 640. The van der Waals surface area contributed by atoms with Gasteiger partial charge in [-0.1, -0.05) is 91.0 Å². The molecule has 0 aliphatic carbocycles. The molecule has 0 aromatic heterocycles. The van der Waals surface area contributed by atoms with Crippen molar-refractivity contribution in [3.05, 3.63) is 108 Å². The first-order chi connectivity index (χ1) is 11.7. The molecular formula is C22H22O2. The molecule has 122 valence electrons. The fourth-order valence-electron chi connectivity index (χ4n) is 3.01. The molecule has 0 radical (unpaired) electrons. The zero-order valence-corrected chi connectivity index (χ0v) is 13.8. The summed E-state index contributed by atoms with van der Waals surface area (Å²) in [6, 6.07) is 30.5. The zero-order chi connectivity index (χ0) is 16.8. The van der Waals surface area contributed by atoms with Gasteiger partial charge in [0, 0.05) is 0 Å². The van der Waals surface area contributed by atoms with Gasteiger partial charge in [-0.05, 0) is 23.6 Å². The Morgan fingerprint density at radius 2 is 1.04 bits per heavy atom. The third-order valence-electron chi connectivity index (χ3n) is 4.08. The van der Waals surface area contributed by atoms with Crippen LogP contribution in [-0.4, -0.2) is 17.8 Å². The third kappa shape index (κ3) is 3.25. The fraction of sp³-hybridized carbons (Fsp3) is 0.182. The lowest BCUT2D eigenvalue weighted by molar-refractivity contribution is -0.0325. The standard InChI is InChI=1S/C22H22O2/c1-18(23)17-24-22(19-11-5-2-6-12-19,20-13-7-3-8-14-20)21-15-9-4-10-16-21/h2-16,18,23H,17H2,1H3. The molecule has 2 heteroatoms. The van der Waals surface area contributed by atoms with E-state index in [2.05, 4.69) is 36.4 Å². The predicted molar refractivity (Wildman–Crippen MR) is 96.8 cm³/mol. The topological polar surface area (TPSA) is 29.5 Å². The summed E-state index contributed by atoms with van der Waals surface area (Å²) in [6.07, 6.45) is -0.541. The number of rotatable bonds is 6. The Morgan fingerprint density at radius 1 is 0.708 bits per heavy atom. The van der Waals surface area contributed by atoms with Crippen LogP contribution in [0.1, 0.15) is 23.6 Å². The molecule has 1 atom stereocenters. The summed E-state index contributed by atoms with van der Waals surface area (Å²) in [7, 11) is 0. The minimum Gasteiger partial charge on any atom is -0.391 e. The molecule has 1 N–H and O–H groups in total. The molecular weight excluding hydrogens is 296 g/mol. The van der Waals surface area contributed by atoms with Gasteiger partial charge >= 0.3 is 0 Å². The molecule has 3 aromatic rings. The first-order valence-electron chi connectivity index (χ1n) is 8.22. The van der Waals surface area contributed by atoms with E-state index in [0.717, 1.165) is 16.7 Å². The van der Waals surface area contributed by atoms with E-state index in [-0.39, 0.29) is 6.61 Å². The highest BCUT2D eigenvalue weighted by Crippen LogP contribution is 2.40. The van der Waals surface area contributed by atoms with Crippen LogP contribution in [0.25, 0.3) is 0 Å². The summed E-state index contributed by atoms with van der Waals surface area (Å²) in [6.45, 7) is 1.99. The van der Waals surface area contributed by atoms with Crippen molar-refractivity contribution in [2.24, 2.45) is 0 Å². The SMILES string of the molecule is CC(O)COC(c1ccccc1)(c1ccccc1)c1ccccc1. The van der Waals surface area contributed by atoms with Crippen LogP contribution in [-0.2, 0) is 10.3 Å². The molecule has 0 bridgehead atoms. The van der Waals surface area contributed by atoms with E-state index in [0.29, 0.717) is 0 Å². The van der Waals surface area contributed by atoms with Gasteiger partial charge in [0.25, 0.3) is 0 Å². The number of hydrogen-bond acceptors (Lipinski definition) is 2. The van der Waals surface area contributed by atoms with Crippen LogP contribution in [0.5, 0.6) is 0 Å². The molecule has 0 amide bonds. The summed E-state index contributed by atoms with van der Waals surface area (Å²) in [5.41, 5.74) is 2.38. The molecule has 3 rings (SSSR count). The molecule has 0 saturated heterocycles. The smallest absolute Gasteiger partial charge is 0.143 e. The van der Waals surface area contributed by atoms with Gasteiger partial charge < -0.3 is 9.84 Å². The molecule has 24 heavy (non-hydrogen) atoms. The first-order valence-corrected chi connectivity index (χ1v) is 8.22. The van der Waals surface area contributed by atoms with Crippen molar-refractivity contribution in [3.63, 3.8) is 0 Å². The molecule has 0 aliphatic heterocycles. The molecule has 1 unspecified atom stereocenters. The summed E-state index contributed by atoms with van der Waals surface area (Å²) in [4.78, 5) is 0. The highest BCUT2D eigenvalue weighted by molar-refractivity contribution is 5.47. The van der Waals surface area contributed by atoms with E-state index in [1.165, 1.54) is 0 Å². The summed E-state index contributed by atoms with van der Waals surface area (Å²) >= 11 is 0. The van der Waals surface area contributed by atoms with E-state index >= 15 is 0 Å². The van der Waals surface area contributed by atoms with E-state index < -0.39 is 11.7 Å². The van der Waals surface area contributed by atoms with Crippen LogP contribution in [0.15, 0.2) is 91.0 Å². The maximum atomic E-state index is 9.83. The summed E-state index contributed by atoms with van der Waals surface area (Å²) < 4.78 is 6.40. The van der Waals surface area contributed by atoms with Gasteiger partial charge in [-0.15, -0.1) is 0 Å². The number of benzene rings is 3. The molecule has 0 aliphatic rings. The van der Waals surface area contributed by atoms with Crippen molar-refractivity contribution >= 4 is 0 Å². The lowest BCUT2D eigenvalue weighted by Crippen LogP contribution is -2.35. The van der Waals surface area contributed by atoms with E-state index in [1.807, 2.05) is 54.6 Å². The third-order valence-corrected chi connectivity index (χ3v) is 4.08. The van der Waals surface area contributed by atoms with E-state index in [1.54, 1.807) is 6.92 Å². The van der Waals surface area contributed by atoms with Crippen LogP contribution in [0.2, 0.25) is 0 Å².